The van der Waals surface area contributed by atoms with Gasteiger partial charge in [0.2, 0.25) is 15.9 Å². The van der Waals surface area contributed by atoms with E-state index < -0.39 is 15.9 Å². The fourth-order valence-electron chi connectivity index (χ4n) is 3.52. The number of methoxy groups -OCH3 is 1. The number of ether oxygens (including phenoxy) is 1. The lowest BCUT2D eigenvalue weighted by Crippen LogP contribution is -2.42. The van der Waals surface area contributed by atoms with Crippen molar-refractivity contribution in [2.75, 3.05) is 24.2 Å². The lowest BCUT2D eigenvalue weighted by Gasteiger charge is -2.28. The number of halogens is 2. The standard InChI is InChI=1S/C20H22Cl2N2O4S/c1-28-17-6-7-18-13(8-17)4-3-5-19(18)23-20(25)12-24(29(2,26)27)16-10-14(21)9-15(22)11-16/h6-11,19H,3-5,12H2,1-2H3,(H,23,25). The van der Waals surface area contributed by atoms with E-state index in [4.69, 9.17) is 27.9 Å². The molecular formula is C20H22Cl2N2O4S. The van der Waals surface area contributed by atoms with Gasteiger partial charge in [-0.2, -0.15) is 0 Å². The number of hydrogen-bond acceptors (Lipinski definition) is 4. The van der Waals surface area contributed by atoms with Crippen LogP contribution in [0.4, 0.5) is 5.69 Å². The van der Waals surface area contributed by atoms with Crippen LogP contribution in [0.3, 0.4) is 0 Å². The molecular weight excluding hydrogens is 435 g/mol. The minimum Gasteiger partial charge on any atom is -0.497 e. The maximum atomic E-state index is 12.7. The van der Waals surface area contributed by atoms with Gasteiger partial charge in [-0.05, 0) is 60.7 Å². The van der Waals surface area contributed by atoms with Crippen molar-refractivity contribution < 1.29 is 17.9 Å². The summed E-state index contributed by atoms with van der Waals surface area (Å²) >= 11 is 12.0. The molecule has 2 aromatic rings. The normalized spacial score (nSPS) is 16.1. The first-order chi connectivity index (χ1) is 13.7. The summed E-state index contributed by atoms with van der Waals surface area (Å²) in [5, 5.41) is 3.54. The van der Waals surface area contributed by atoms with Gasteiger partial charge in [-0.15, -0.1) is 0 Å². The molecule has 1 aliphatic carbocycles. The van der Waals surface area contributed by atoms with Crippen LogP contribution in [0, 0.1) is 0 Å². The van der Waals surface area contributed by atoms with Crippen LogP contribution in [0.15, 0.2) is 36.4 Å². The number of amides is 1. The number of sulfonamides is 1. The van der Waals surface area contributed by atoms with Gasteiger partial charge in [0, 0.05) is 10.0 Å². The summed E-state index contributed by atoms with van der Waals surface area (Å²) in [5.41, 5.74) is 2.40. The Bertz CT molecular complexity index is 1010. The van der Waals surface area contributed by atoms with Gasteiger partial charge in [0.1, 0.15) is 12.3 Å². The molecule has 0 radical (unpaired) electrons. The Morgan fingerprint density at radius 1 is 1.21 bits per heavy atom. The number of carbonyl (C=O) groups excluding carboxylic acids is 1. The van der Waals surface area contributed by atoms with Gasteiger partial charge in [0.25, 0.3) is 0 Å². The minimum atomic E-state index is -3.72. The van der Waals surface area contributed by atoms with Crippen LogP contribution in [0.1, 0.15) is 30.0 Å². The SMILES string of the molecule is COc1ccc2c(c1)CCCC2NC(=O)CN(c1cc(Cl)cc(Cl)c1)S(C)(=O)=O. The zero-order chi connectivity index (χ0) is 21.2. The minimum absolute atomic E-state index is 0.179. The zero-order valence-electron chi connectivity index (χ0n) is 16.1. The average Bonchev–Trinajstić information content (AvgIpc) is 2.64. The van der Waals surface area contributed by atoms with Gasteiger partial charge in [-0.1, -0.05) is 29.3 Å². The number of anilines is 1. The summed E-state index contributed by atoms with van der Waals surface area (Å²) in [6.45, 7) is -0.364. The fourth-order valence-corrected chi connectivity index (χ4v) is 4.88. The number of hydrogen-bond donors (Lipinski definition) is 1. The van der Waals surface area contributed by atoms with E-state index in [1.54, 1.807) is 7.11 Å². The van der Waals surface area contributed by atoms with Crippen molar-refractivity contribution >= 4 is 44.8 Å². The lowest BCUT2D eigenvalue weighted by molar-refractivity contribution is -0.120. The quantitative estimate of drug-likeness (QED) is 0.713. The van der Waals surface area contributed by atoms with E-state index in [0.29, 0.717) is 0 Å². The molecule has 1 N–H and O–H groups in total. The molecule has 0 aliphatic heterocycles. The molecule has 1 atom stereocenters. The van der Waals surface area contributed by atoms with Crippen molar-refractivity contribution in [3.05, 3.63) is 57.6 Å². The Morgan fingerprint density at radius 3 is 2.52 bits per heavy atom. The number of carbonyl (C=O) groups is 1. The van der Waals surface area contributed by atoms with Crippen molar-refractivity contribution in [2.45, 2.75) is 25.3 Å². The van der Waals surface area contributed by atoms with Gasteiger partial charge in [-0.25, -0.2) is 8.42 Å². The Morgan fingerprint density at radius 2 is 1.90 bits per heavy atom. The van der Waals surface area contributed by atoms with Gasteiger partial charge in [0.15, 0.2) is 0 Å². The topological polar surface area (TPSA) is 75.7 Å². The first-order valence-corrected chi connectivity index (χ1v) is 11.7. The van der Waals surface area contributed by atoms with Crippen LogP contribution in [0.25, 0.3) is 0 Å². The first kappa shape index (κ1) is 21.7. The van der Waals surface area contributed by atoms with Gasteiger partial charge < -0.3 is 10.1 Å². The number of nitrogens with zero attached hydrogens (tertiary/aromatic N) is 1. The second-order valence-corrected chi connectivity index (χ2v) is 9.75. The summed E-state index contributed by atoms with van der Waals surface area (Å²) in [6.07, 6.45) is 3.66. The van der Waals surface area contributed by atoms with Crippen molar-refractivity contribution in [3.8, 4) is 5.75 Å². The van der Waals surface area contributed by atoms with Crippen molar-refractivity contribution in [1.29, 1.82) is 0 Å². The third-order valence-electron chi connectivity index (χ3n) is 4.82. The fraction of sp³-hybridized carbons (Fsp3) is 0.350. The summed E-state index contributed by atoms with van der Waals surface area (Å²) < 4.78 is 30.9. The molecule has 9 heteroatoms. The predicted octanol–water partition coefficient (Wildman–Crippen LogP) is 3.96. The highest BCUT2D eigenvalue weighted by atomic mass is 35.5. The second kappa shape index (κ2) is 8.81. The number of fused-ring (bicyclic) bond motifs is 1. The Labute approximate surface area is 180 Å². The van der Waals surface area contributed by atoms with Gasteiger partial charge >= 0.3 is 0 Å². The molecule has 0 spiro atoms. The highest BCUT2D eigenvalue weighted by molar-refractivity contribution is 7.92. The summed E-state index contributed by atoms with van der Waals surface area (Å²) in [4.78, 5) is 12.7. The highest BCUT2D eigenvalue weighted by Gasteiger charge is 2.26. The molecule has 6 nitrogen and oxygen atoms in total. The number of nitrogens with one attached hydrogen (secondary N) is 1. The molecule has 156 valence electrons. The van der Waals surface area contributed by atoms with Gasteiger partial charge in [-0.3, -0.25) is 9.10 Å². The molecule has 0 aromatic heterocycles. The number of aryl methyl sites for hydroxylation is 1. The van der Waals surface area contributed by atoms with E-state index in [9.17, 15) is 13.2 Å². The molecule has 0 saturated heterocycles. The van der Waals surface area contributed by atoms with E-state index in [-0.39, 0.29) is 28.3 Å². The molecule has 1 aliphatic rings. The third kappa shape index (κ3) is 5.35. The van der Waals surface area contributed by atoms with E-state index in [1.807, 2.05) is 18.2 Å². The Balaban J connectivity index is 1.80. The van der Waals surface area contributed by atoms with Crippen LogP contribution in [0.2, 0.25) is 10.0 Å². The van der Waals surface area contributed by atoms with E-state index in [1.165, 1.54) is 18.2 Å². The maximum absolute atomic E-state index is 12.7. The largest absolute Gasteiger partial charge is 0.497 e. The molecule has 0 bridgehead atoms. The second-order valence-electron chi connectivity index (χ2n) is 6.97. The van der Waals surface area contributed by atoms with Crippen LogP contribution >= 0.6 is 23.2 Å². The number of rotatable bonds is 6. The van der Waals surface area contributed by atoms with Crippen molar-refractivity contribution in [2.24, 2.45) is 0 Å². The molecule has 1 amide bonds. The van der Waals surface area contributed by atoms with Crippen LogP contribution in [-0.2, 0) is 21.2 Å². The highest BCUT2D eigenvalue weighted by Crippen LogP contribution is 2.32. The first-order valence-electron chi connectivity index (χ1n) is 9.07. The smallest absolute Gasteiger partial charge is 0.241 e. The summed E-state index contributed by atoms with van der Waals surface area (Å²) in [5.74, 6) is 0.372. The summed E-state index contributed by atoms with van der Waals surface area (Å²) in [6, 6.07) is 10.0. The van der Waals surface area contributed by atoms with E-state index >= 15 is 0 Å². The lowest BCUT2D eigenvalue weighted by atomic mass is 9.87. The van der Waals surface area contributed by atoms with Crippen molar-refractivity contribution in [3.63, 3.8) is 0 Å². The van der Waals surface area contributed by atoms with E-state index in [0.717, 1.165) is 46.7 Å². The van der Waals surface area contributed by atoms with Crippen LogP contribution < -0.4 is 14.4 Å². The molecule has 29 heavy (non-hydrogen) atoms. The van der Waals surface area contributed by atoms with Crippen molar-refractivity contribution in [1.82, 2.24) is 5.32 Å². The maximum Gasteiger partial charge on any atom is 0.241 e. The molecule has 1 unspecified atom stereocenters. The Kier molecular flexibility index (Phi) is 6.61. The van der Waals surface area contributed by atoms with Gasteiger partial charge in [0.05, 0.1) is 25.1 Å². The van der Waals surface area contributed by atoms with Crippen LogP contribution in [0.5, 0.6) is 5.75 Å². The predicted molar refractivity (Wildman–Crippen MR) is 115 cm³/mol. The molecule has 0 saturated carbocycles. The zero-order valence-corrected chi connectivity index (χ0v) is 18.4. The molecule has 0 fully saturated rings. The third-order valence-corrected chi connectivity index (χ3v) is 6.40. The van der Waals surface area contributed by atoms with E-state index in [2.05, 4.69) is 5.32 Å². The molecule has 0 heterocycles. The molecule has 2 aromatic carbocycles. The summed E-state index contributed by atoms with van der Waals surface area (Å²) in [7, 11) is -2.10. The average molecular weight is 457 g/mol. The Hall–Kier alpha value is -1.96. The van der Waals surface area contributed by atoms with Crippen LogP contribution in [-0.4, -0.2) is 34.2 Å². The molecule has 3 rings (SSSR count). The monoisotopic (exact) mass is 456 g/mol. The number of benzene rings is 2.